The Balaban J connectivity index is 1.98. The lowest BCUT2D eigenvalue weighted by Gasteiger charge is -2.37. The molecule has 1 heterocycles. The predicted molar refractivity (Wildman–Crippen MR) is 116 cm³/mol. The Labute approximate surface area is 191 Å². The second-order valence-electron chi connectivity index (χ2n) is 7.35. The van der Waals surface area contributed by atoms with Gasteiger partial charge in [0.25, 0.3) is 11.8 Å². The SMILES string of the molecule is CC(F)(F)[C@H]1OC[C@@](NC(=S)NC(=O)c2ccccc2)(c2cc(Br)ccc2F)[C@@H]1CO. The normalized spacial score (nSPS) is 23.4. The maximum atomic E-state index is 14.9. The third kappa shape index (κ3) is 4.92. The Kier molecular flexibility index (Phi) is 7.04. The van der Waals surface area contributed by atoms with E-state index >= 15 is 0 Å². The van der Waals surface area contributed by atoms with Crippen molar-refractivity contribution in [3.8, 4) is 0 Å². The fourth-order valence-electron chi connectivity index (χ4n) is 3.77. The number of hydrogen-bond acceptors (Lipinski definition) is 4. The Morgan fingerprint density at radius 2 is 2.00 bits per heavy atom. The molecule has 3 N–H and O–H groups in total. The van der Waals surface area contributed by atoms with Gasteiger partial charge < -0.3 is 15.2 Å². The minimum absolute atomic E-state index is 0.0241. The molecule has 1 aliphatic heterocycles. The molecule has 0 bridgehead atoms. The molecule has 0 aliphatic carbocycles. The van der Waals surface area contributed by atoms with E-state index in [4.69, 9.17) is 17.0 Å². The number of hydrogen-bond donors (Lipinski definition) is 3. The minimum Gasteiger partial charge on any atom is -0.396 e. The number of ether oxygens (including phenoxy) is 1. The molecule has 1 amide bonds. The van der Waals surface area contributed by atoms with E-state index in [1.165, 1.54) is 18.2 Å². The summed E-state index contributed by atoms with van der Waals surface area (Å²) in [6.45, 7) is -0.466. The topological polar surface area (TPSA) is 70.6 Å². The predicted octanol–water partition coefficient (Wildman–Crippen LogP) is 3.75. The molecule has 2 aromatic rings. The molecule has 166 valence electrons. The van der Waals surface area contributed by atoms with Gasteiger partial charge >= 0.3 is 0 Å². The highest BCUT2D eigenvalue weighted by Gasteiger charge is 2.58. The van der Waals surface area contributed by atoms with Crippen molar-refractivity contribution < 1.29 is 27.8 Å². The zero-order valence-corrected chi connectivity index (χ0v) is 18.8. The Morgan fingerprint density at radius 1 is 1.32 bits per heavy atom. The molecule has 1 saturated heterocycles. The number of amides is 1. The molecule has 10 heteroatoms. The van der Waals surface area contributed by atoms with Gasteiger partial charge in [-0.1, -0.05) is 34.1 Å². The summed E-state index contributed by atoms with van der Waals surface area (Å²) in [5, 5.41) is 15.1. The van der Waals surface area contributed by atoms with Crippen molar-refractivity contribution in [2.45, 2.75) is 24.5 Å². The minimum atomic E-state index is -3.31. The first-order chi connectivity index (χ1) is 14.6. The van der Waals surface area contributed by atoms with E-state index in [9.17, 15) is 23.1 Å². The van der Waals surface area contributed by atoms with Crippen molar-refractivity contribution in [1.29, 1.82) is 0 Å². The van der Waals surface area contributed by atoms with Gasteiger partial charge in [-0.15, -0.1) is 0 Å². The van der Waals surface area contributed by atoms with Gasteiger partial charge in [0.15, 0.2) is 5.11 Å². The largest absolute Gasteiger partial charge is 0.396 e. The van der Waals surface area contributed by atoms with Gasteiger partial charge in [-0.25, -0.2) is 13.2 Å². The second-order valence-corrected chi connectivity index (χ2v) is 8.67. The van der Waals surface area contributed by atoms with Crippen LogP contribution in [0.4, 0.5) is 13.2 Å². The summed E-state index contributed by atoms with van der Waals surface area (Å²) in [5.74, 6) is -5.80. The van der Waals surface area contributed by atoms with Crippen molar-refractivity contribution in [3.05, 3.63) is 69.9 Å². The van der Waals surface area contributed by atoms with Crippen LogP contribution < -0.4 is 10.6 Å². The molecular formula is C21H20BrF3N2O3S. The van der Waals surface area contributed by atoms with Crippen LogP contribution >= 0.6 is 28.1 Å². The summed E-state index contributed by atoms with van der Waals surface area (Å²) in [6, 6.07) is 12.3. The molecule has 31 heavy (non-hydrogen) atoms. The first-order valence-corrected chi connectivity index (χ1v) is 10.5. The van der Waals surface area contributed by atoms with E-state index < -0.39 is 48.4 Å². The lowest BCUT2D eigenvalue weighted by molar-refractivity contribution is -0.121. The number of nitrogens with one attached hydrogen (secondary N) is 2. The standard InChI is InChI=1S/C21H20BrF3N2O3S/c1-20(24,25)17-15(10-28)21(11-30-17,14-9-13(22)7-8-16(14)23)27-19(31)26-18(29)12-5-3-2-4-6-12/h2-9,15,17,28H,10-11H2,1H3,(H2,26,27,29,31)/t15-,17+,21-/m1/s1. The number of benzene rings is 2. The van der Waals surface area contributed by atoms with Gasteiger partial charge in [-0.3, -0.25) is 10.1 Å². The fourth-order valence-corrected chi connectivity index (χ4v) is 4.40. The number of thiocarbonyl (C=S) groups is 1. The molecule has 0 aromatic heterocycles. The average molecular weight is 517 g/mol. The zero-order valence-electron chi connectivity index (χ0n) is 16.4. The summed E-state index contributed by atoms with van der Waals surface area (Å²) in [7, 11) is 0. The van der Waals surface area contributed by atoms with E-state index in [1.807, 2.05) is 0 Å². The lowest BCUT2D eigenvalue weighted by atomic mass is 9.76. The van der Waals surface area contributed by atoms with Crippen molar-refractivity contribution in [1.82, 2.24) is 10.6 Å². The fraction of sp³-hybridized carbons (Fsp3) is 0.333. The summed E-state index contributed by atoms with van der Waals surface area (Å²) in [4.78, 5) is 12.4. The molecule has 5 nitrogen and oxygen atoms in total. The van der Waals surface area contributed by atoms with Crippen LogP contribution in [0.25, 0.3) is 0 Å². The quantitative estimate of drug-likeness (QED) is 0.528. The number of halogens is 4. The molecule has 0 radical (unpaired) electrons. The molecule has 3 rings (SSSR count). The Morgan fingerprint density at radius 3 is 2.61 bits per heavy atom. The number of aliphatic hydroxyl groups excluding tert-OH is 1. The van der Waals surface area contributed by atoms with Gasteiger partial charge in [0.05, 0.1) is 18.8 Å². The number of carbonyl (C=O) groups excluding carboxylic acids is 1. The second kappa shape index (κ2) is 9.23. The van der Waals surface area contributed by atoms with E-state index in [-0.39, 0.29) is 10.7 Å². The summed E-state index contributed by atoms with van der Waals surface area (Å²) in [6.07, 6.45) is -1.70. The first kappa shape index (κ1) is 23.6. The smallest absolute Gasteiger partial charge is 0.271 e. The van der Waals surface area contributed by atoms with Gasteiger partial charge in [0.2, 0.25) is 0 Å². The molecule has 0 spiro atoms. The van der Waals surface area contributed by atoms with E-state index in [2.05, 4.69) is 26.6 Å². The summed E-state index contributed by atoms with van der Waals surface area (Å²) < 4.78 is 49.1. The molecule has 0 unspecified atom stereocenters. The van der Waals surface area contributed by atoms with Crippen LogP contribution in [-0.4, -0.2) is 41.4 Å². The summed E-state index contributed by atoms with van der Waals surface area (Å²) in [5.41, 5.74) is -1.34. The number of carbonyl (C=O) groups is 1. The van der Waals surface area contributed by atoms with Crippen LogP contribution in [0.1, 0.15) is 22.8 Å². The Hall–Kier alpha value is -2.01. The number of rotatable bonds is 5. The van der Waals surface area contributed by atoms with E-state index in [0.29, 0.717) is 17.0 Å². The summed E-state index contributed by atoms with van der Waals surface area (Å²) >= 11 is 8.50. The third-order valence-electron chi connectivity index (χ3n) is 5.19. The highest BCUT2D eigenvalue weighted by Crippen LogP contribution is 2.45. The maximum absolute atomic E-state index is 14.9. The first-order valence-electron chi connectivity index (χ1n) is 9.33. The van der Waals surface area contributed by atoms with Crippen molar-refractivity contribution >= 4 is 39.2 Å². The lowest BCUT2D eigenvalue weighted by Crippen LogP contribution is -2.58. The van der Waals surface area contributed by atoms with Gasteiger partial charge in [-0.2, -0.15) is 0 Å². The van der Waals surface area contributed by atoms with Gasteiger partial charge in [0.1, 0.15) is 11.9 Å². The van der Waals surface area contributed by atoms with Crippen LogP contribution in [0.2, 0.25) is 0 Å². The maximum Gasteiger partial charge on any atom is 0.271 e. The van der Waals surface area contributed by atoms with Gasteiger partial charge in [-0.05, 0) is 42.5 Å². The van der Waals surface area contributed by atoms with Crippen molar-refractivity contribution in [2.75, 3.05) is 13.2 Å². The number of alkyl halides is 2. The van der Waals surface area contributed by atoms with Crippen molar-refractivity contribution in [2.24, 2.45) is 5.92 Å². The van der Waals surface area contributed by atoms with E-state index in [1.54, 1.807) is 30.3 Å². The molecule has 3 atom stereocenters. The third-order valence-corrected chi connectivity index (χ3v) is 5.89. The average Bonchev–Trinajstić information content (AvgIpc) is 3.09. The molecule has 1 aliphatic rings. The van der Waals surface area contributed by atoms with Crippen LogP contribution in [0, 0.1) is 11.7 Å². The van der Waals surface area contributed by atoms with E-state index in [0.717, 1.165) is 0 Å². The molecule has 0 saturated carbocycles. The van der Waals surface area contributed by atoms with Crippen LogP contribution in [0.15, 0.2) is 53.0 Å². The highest BCUT2D eigenvalue weighted by atomic mass is 79.9. The van der Waals surface area contributed by atoms with Crippen molar-refractivity contribution in [3.63, 3.8) is 0 Å². The van der Waals surface area contributed by atoms with Crippen LogP contribution in [-0.2, 0) is 10.3 Å². The molecular weight excluding hydrogens is 497 g/mol. The number of aliphatic hydroxyl groups is 1. The van der Waals surface area contributed by atoms with Crippen LogP contribution in [0.3, 0.4) is 0 Å². The molecule has 2 aromatic carbocycles. The monoisotopic (exact) mass is 516 g/mol. The van der Waals surface area contributed by atoms with Gasteiger partial charge in [0, 0.05) is 28.4 Å². The zero-order chi connectivity index (χ0) is 22.8. The molecule has 1 fully saturated rings. The highest BCUT2D eigenvalue weighted by molar-refractivity contribution is 9.10. The Bertz CT molecular complexity index is 974. The van der Waals surface area contributed by atoms with Crippen LogP contribution in [0.5, 0.6) is 0 Å².